The summed E-state index contributed by atoms with van der Waals surface area (Å²) >= 11 is 5.92. The van der Waals surface area contributed by atoms with Gasteiger partial charge in [-0.25, -0.2) is 0 Å². The molecule has 184 valence electrons. The molecule has 1 fully saturated rings. The smallest absolute Gasteiger partial charge is 0.173 e. The quantitative estimate of drug-likeness (QED) is 0.504. The Bertz CT molecular complexity index is 944. The molecule has 1 N–H and O–H groups in total. The van der Waals surface area contributed by atoms with E-state index in [0.29, 0.717) is 0 Å². The summed E-state index contributed by atoms with van der Waals surface area (Å²) in [6, 6.07) is 15.5. The lowest BCUT2D eigenvalue weighted by atomic mass is 9.98. The highest BCUT2D eigenvalue weighted by atomic mass is 32.1. The monoisotopic (exact) mass is 480 g/mol. The van der Waals surface area contributed by atoms with Crippen LogP contribution in [-0.2, 0) is 17.7 Å². The largest absolute Gasteiger partial charge is 0.379 e. The summed E-state index contributed by atoms with van der Waals surface area (Å²) in [4.78, 5) is 7.38. The summed E-state index contributed by atoms with van der Waals surface area (Å²) in [5.74, 6) is 0. The molecule has 0 aliphatic carbocycles. The molecule has 2 heterocycles. The number of ether oxygens (including phenoxy) is 1. The van der Waals surface area contributed by atoms with Crippen molar-refractivity contribution in [2.24, 2.45) is 0 Å². The highest BCUT2D eigenvalue weighted by Crippen LogP contribution is 2.29. The Balaban J connectivity index is 1.47. The van der Waals surface area contributed by atoms with E-state index in [1.165, 1.54) is 61.2 Å². The minimum Gasteiger partial charge on any atom is -0.379 e. The van der Waals surface area contributed by atoms with Crippen LogP contribution in [0.1, 0.15) is 42.9 Å². The van der Waals surface area contributed by atoms with Crippen molar-refractivity contribution in [3.05, 3.63) is 59.2 Å². The van der Waals surface area contributed by atoms with Crippen molar-refractivity contribution >= 4 is 28.7 Å². The highest BCUT2D eigenvalue weighted by molar-refractivity contribution is 7.80. The third-order valence-electron chi connectivity index (χ3n) is 6.86. The highest BCUT2D eigenvalue weighted by Gasteiger charge is 2.19. The molecule has 0 atom stereocenters. The second-order valence-electron chi connectivity index (χ2n) is 9.58. The molecule has 34 heavy (non-hydrogen) atoms. The predicted molar refractivity (Wildman–Crippen MR) is 147 cm³/mol. The van der Waals surface area contributed by atoms with E-state index in [2.05, 4.69) is 76.3 Å². The van der Waals surface area contributed by atoms with Crippen molar-refractivity contribution in [2.45, 2.75) is 46.1 Å². The van der Waals surface area contributed by atoms with E-state index in [0.717, 1.165) is 56.7 Å². The summed E-state index contributed by atoms with van der Waals surface area (Å²) in [6.07, 6.45) is 4.92. The number of benzene rings is 2. The van der Waals surface area contributed by atoms with Gasteiger partial charge in [0.1, 0.15) is 0 Å². The minimum absolute atomic E-state index is 0.793. The first-order valence-corrected chi connectivity index (χ1v) is 13.3. The first-order chi connectivity index (χ1) is 16.6. The number of aryl methyl sites for hydroxylation is 2. The molecule has 0 saturated carbocycles. The maximum Gasteiger partial charge on any atom is 0.173 e. The Hall–Kier alpha value is -2.15. The summed E-state index contributed by atoms with van der Waals surface area (Å²) in [6.45, 7) is 13.1. The Morgan fingerprint density at radius 1 is 1.09 bits per heavy atom. The lowest BCUT2D eigenvalue weighted by Gasteiger charge is -2.33. The molecular weight excluding hydrogens is 440 g/mol. The fourth-order valence-electron chi connectivity index (χ4n) is 4.89. The summed E-state index contributed by atoms with van der Waals surface area (Å²) in [7, 11) is 0. The van der Waals surface area contributed by atoms with Crippen LogP contribution >= 0.6 is 12.2 Å². The molecule has 2 aromatic rings. The first kappa shape index (κ1) is 25.0. The molecule has 4 rings (SSSR count). The van der Waals surface area contributed by atoms with E-state index >= 15 is 0 Å². The molecule has 6 heteroatoms. The van der Waals surface area contributed by atoms with Gasteiger partial charge in [-0.1, -0.05) is 37.6 Å². The number of thiocarbonyl (C=S) groups is 1. The molecule has 0 bridgehead atoms. The number of morpholine rings is 1. The van der Waals surface area contributed by atoms with Crippen LogP contribution in [0.4, 0.5) is 11.4 Å². The fourth-order valence-corrected chi connectivity index (χ4v) is 5.17. The fraction of sp³-hybridized carbons (Fsp3) is 0.536. The second kappa shape index (κ2) is 12.5. The van der Waals surface area contributed by atoms with Gasteiger partial charge < -0.3 is 19.9 Å². The van der Waals surface area contributed by atoms with E-state index in [1.807, 2.05) is 0 Å². The van der Waals surface area contributed by atoms with Crippen LogP contribution in [0.3, 0.4) is 0 Å². The number of hydrogen-bond donors (Lipinski definition) is 1. The molecule has 1 saturated heterocycles. The van der Waals surface area contributed by atoms with Crippen LogP contribution in [0.15, 0.2) is 42.5 Å². The normalized spacial score (nSPS) is 16.2. The summed E-state index contributed by atoms with van der Waals surface area (Å²) < 4.78 is 5.53. The van der Waals surface area contributed by atoms with Crippen molar-refractivity contribution in [1.82, 2.24) is 9.80 Å². The van der Waals surface area contributed by atoms with Crippen LogP contribution in [0.25, 0.3) is 0 Å². The van der Waals surface area contributed by atoms with E-state index in [4.69, 9.17) is 17.0 Å². The minimum atomic E-state index is 0.793. The predicted octanol–water partition coefficient (Wildman–Crippen LogP) is 5.08. The number of hydrogen-bond acceptors (Lipinski definition) is 4. The molecule has 2 aliphatic heterocycles. The van der Waals surface area contributed by atoms with Crippen LogP contribution in [-0.4, -0.2) is 67.4 Å². The van der Waals surface area contributed by atoms with Crippen LogP contribution in [0.2, 0.25) is 0 Å². The van der Waals surface area contributed by atoms with E-state index in [9.17, 15) is 0 Å². The number of rotatable bonds is 9. The standard InChI is InChI=1S/C28H40N4OS/c1-3-4-12-31-13-6-8-25-21-24(10-11-27(25)31)22-32(15-14-30-16-18-33-19-17-30)28(34)29-26-9-5-7-23(2)20-26/h5,7,9-11,20-21H,3-4,6,8,12-19,22H2,1-2H3,(H,29,34). The van der Waals surface area contributed by atoms with Crippen molar-refractivity contribution in [1.29, 1.82) is 0 Å². The third kappa shape index (κ3) is 6.94. The van der Waals surface area contributed by atoms with Crippen molar-refractivity contribution in [3.63, 3.8) is 0 Å². The number of anilines is 2. The molecule has 0 amide bonds. The molecule has 2 aromatic carbocycles. The lowest BCUT2D eigenvalue weighted by Crippen LogP contribution is -2.44. The Labute approximate surface area is 211 Å². The van der Waals surface area contributed by atoms with Gasteiger partial charge in [-0.3, -0.25) is 4.90 Å². The molecule has 2 aliphatic rings. The number of fused-ring (bicyclic) bond motifs is 1. The van der Waals surface area contributed by atoms with Gasteiger partial charge in [0.15, 0.2) is 5.11 Å². The zero-order chi connectivity index (χ0) is 23.8. The Kier molecular flexibility index (Phi) is 9.19. The van der Waals surface area contributed by atoms with Gasteiger partial charge in [-0.15, -0.1) is 0 Å². The number of nitrogens with zero attached hydrogens (tertiary/aromatic N) is 3. The lowest BCUT2D eigenvalue weighted by molar-refractivity contribution is 0.0358. The maximum atomic E-state index is 5.92. The van der Waals surface area contributed by atoms with Gasteiger partial charge in [0, 0.05) is 57.2 Å². The molecular formula is C28H40N4OS. The third-order valence-corrected chi connectivity index (χ3v) is 7.22. The molecule has 5 nitrogen and oxygen atoms in total. The van der Waals surface area contributed by atoms with Gasteiger partial charge in [-0.05, 0) is 73.3 Å². The van der Waals surface area contributed by atoms with E-state index in [-0.39, 0.29) is 0 Å². The number of nitrogens with one attached hydrogen (secondary N) is 1. The molecule has 0 spiro atoms. The summed E-state index contributed by atoms with van der Waals surface area (Å²) in [5, 5.41) is 4.28. The topological polar surface area (TPSA) is 31.0 Å². The zero-order valence-corrected chi connectivity index (χ0v) is 21.7. The van der Waals surface area contributed by atoms with Gasteiger partial charge in [0.25, 0.3) is 0 Å². The van der Waals surface area contributed by atoms with Crippen LogP contribution < -0.4 is 10.2 Å². The van der Waals surface area contributed by atoms with E-state index < -0.39 is 0 Å². The first-order valence-electron chi connectivity index (χ1n) is 12.9. The van der Waals surface area contributed by atoms with Crippen molar-refractivity contribution < 1.29 is 4.74 Å². The molecule has 0 unspecified atom stereocenters. The van der Waals surface area contributed by atoms with Crippen LogP contribution in [0.5, 0.6) is 0 Å². The van der Waals surface area contributed by atoms with E-state index in [1.54, 1.807) is 0 Å². The average Bonchev–Trinajstić information content (AvgIpc) is 2.85. The van der Waals surface area contributed by atoms with Gasteiger partial charge in [0.05, 0.1) is 13.2 Å². The zero-order valence-electron chi connectivity index (χ0n) is 20.9. The SMILES string of the molecule is CCCCN1CCCc2cc(CN(CCN3CCOCC3)C(=S)Nc3cccc(C)c3)ccc21. The summed E-state index contributed by atoms with van der Waals surface area (Å²) in [5.41, 5.74) is 6.55. The molecule has 0 aromatic heterocycles. The van der Waals surface area contributed by atoms with Gasteiger partial charge in [-0.2, -0.15) is 0 Å². The van der Waals surface area contributed by atoms with Crippen LogP contribution in [0, 0.1) is 6.92 Å². The number of unbranched alkanes of at least 4 members (excludes halogenated alkanes) is 1. The maximum absolute atomic E-state index is 5.92. The van der Waals surface area contributed by atoms with Crippen molar-refractivity contribution in [3.8, 4) is 0 Å². The van der Waals surface area contributed by atoms with Crippen molar-refractivity contribution in [2.75, 3.05) is 62.7 Å². The average molecular weight is 481 g/mol. The second-order valence-corrected chi connectivity index (χ2v) is 9.97. The molecule has 0 radical (unpaired) electrons. The van der Waals surface area contributed by atoms with Gasteiger partial charge >= 0.3 is 0 Å². The Morgan fingerprint density at radius 2 is 1.94 bits per heavy atom. The Morgan fingerprint density at radius 3 is 2.74 bits per heavy atom. The van der Waals surface area contributed by atoms with Gasteiger partial charge in [0.2, 0.25) is 0 Å².